The number of piperazine rings is 1. The van der Waals surface area contributed by atoms with Crippen LogP contribution >= 0.6 is 0 Å². The van der Waals surface area contributed by atoms with E-state index in [0.29, 0.717) is 11.7 Å². The standard InChI is InChI=1S/C22H28N4O/c27-22(21-16-20(10-11-23-21)24-19-8-4-5-9-19)26-14-12-25(13-15-26)17-18-6-2-1-3-7-18/h1-3,6-7,10-11,16,19H,4-5,8-9,12-15,17H2,(H,23,24). The van der Waals surface area contributed by atoms with Gasteiger partial charge in [0.2, 0.25) is 0 Å². The summed E-state index contributed by atoms with van der Waals surface area (Å²) in [7, 11) is 0. The van der Waals surface area contributed by atoms with E-state index in [-0.39, 0.29) is 5.91 Å². The number of rotatable bonds is 5. The molecule has 1 amide bonds. The molecule has 1 N–H and O–H groups in total. The number of hydrogen-bond donors (Lipinski definition) is 1. The van der Waals surface area contributed by atoms with E-state index in [1.54, 1.807) is 6.20 Å². The SMILES string of the molecule is O=C(c1cc(NC2CCCC2)ccn1)N1CCN(Cc2ccccc2)CC1. The first kappa shape index (κ1) is 18.0. The summed E-state index contributed by atoms with van der Waals surface area (Å²) in [5.41, 5.74) is 2.89. The molecule has 2 heterocycles. The maximum Gasteiger partial charge on any atom is 0.272 e. The molecule has 0 atom stereocenters. The fourth-order valence-electron chi connectivity index (χ4n) is 4.06. The zero-order valence-electron chi connectivity index (χ0n) is 15.8. The first-order valence-corrected chi connectivity index (χ1v) is 10.1. The molecule has 0 unspecified atom stereocenters. The maximum atomic E-state index is 12.9. The summed E-state index contributed by atoms with van der Waals surface area (Å²) in [6, 6.07) is 14.9. The highest BCUT2D eigenvalue weighted by Gasteiger charge is 2.23. The van der Waals surface area contributed by atoms with Crippen molar-refractivity contribution in [1.29, 1.82) is 0 Å². The smallest absolute Gasteiger partial charge is 0.272 e. The van der Waals surface area contributed by atoms with Gasteiger partial charge >= 0.3 is 0 Å². The van der Waals surface area contributed by atoms with E-state index in [9.17, 15) is 4.79 Å². The first-order chi connectivity index (χ1) is 13.3. The highest BCUT2D eigenvalue weighted by molar-refractivity contribution is 5.93. The number of benzene rings is 1. The van der Waals surface area contributed by atoms with Gasteiger partial charge in [0.05, 0.1) is 0 Å². The Hall–Kier alpha value is -2.40. The van der Waals surface area contributed by atoms with Crippen LogP contribution in [0.2, 0.25) is 0 Å². The highest BCUT2D eigenvalue weighted by atomic mass is 16.2. The molecule has 1 aliphatic carbocycles. The van der Waals surface area contributed by atoms with Crippen molar-refractivity contribution in [2.75, 3.05) is 31.5 Å². The summed E-state index contributed by atoms with van der Waals surface area (Å²) in [6.07, 6.45) is 6.77. The summed E-state index contributed by atoms with van der Waals surface area (Å²) in [6.45, 7) is 4.27. The molecular formula is C22H28N4O. The summed E-state index contributed by atoms with van der Waals surface area (Å²) in [5.74, 6) is 0.0458. The normalized spacial score (nSPS) is 18.6. The number of nitrogens with one attached hydrogen (secondary N) is 1. The molecule has 5 nitrogen and oxygen atoms in total. The van der Waals surface area contributed by atoms with Crippen molar-refractivity contribution in [3.05, 3.63) is 59.9 Å². The molecule has 2 aromatic rings. The van der Waals surface area contributed by atoms with Gasteiger partial charge in [0.1, 0.15) is 5.69 Å². The van der Waals surface area contributed by atoms with E-state index in [0.717, 1.165) is 38.4 Å². The van der Waals surface area contributed by atoms with E-state index in [2.05, 4.69) is 39.5 Å². The number of carbonyl (C=O) groups excluding carboxylic acids is 1. The molecule has 5 heteroatoms. The molecule has 0 radical (unpaired) electrons. The van der Waals surface area contributed by atoms with Crippen molar-refractivity contribution in [1.82, 2.24) is 14.8 Å². The molecule has 4 rings (SSSR count). The predicted octanol–water partition coefficient (Wildman–Crippen LogP) is 3.39. The van der Waals surface area contributed by atoms with Crippen LogP contribution < -0.4 is 5.32 Å². The molecule has 142 valence electrons. The van der Waals surface area contributed by atoms with Gasteiger partial charge in [-0.15, -0.1) is 0 Å². The number of anilines is 1. The minimum Gasteiger partial charge on any atom is -0.382 e. The van der Waals surface area contributed by atoms with Crippen molar-refractivity contribution in [3.63, 3.8) is 0 Å². The van der Waals surface area contributed by atoms with E-state index < -0.39 is 0 Å². The third kappa shape index (κ3) is 4.66. The van der Waals surface area contributed by atoms with Crippen LogP contribution in [0.1, 0.15) is 41.7 Å². The summed E-state index contributed by atoms with van der Waals surface area (Å²) in [5, 5.41) is 3.55. The van der Waals surface area contributed by atoms with Crippen LogP contribution in [0.15, 0.2) is 48.7 Å². The number of carbonyl (C=O) groups is 1. The largest absolute Gasteiger partial charge is 0.382 e. The first-order valence-electron chi connectivity index (χ1n) is 10.1. The topological polar surface area (TPSA) is 48.5 Å². The van der Waals surface area contributed by atoms with Gasteiger partial charge in [-0.1, -0.05) is 43.2 Å². The van der Waals surface area contributed by atoms with Crippen molar-refractivity contribution in [2.24, 2.45) is 0 Å². The molecule has 27 heavy (non-hydrogen) atoms. The zero-order valence-corrected chi connectivity index (χ0v) is 15.8. The lowest BCUT2D eigenvalue weighted by Crippen LogP contribution is -2.48. The molecule has 0 bridgehead atoms. The van der Waals surface area contributed by atoms with E-state index in [1.807, 2.05) is 23.1 Å². The quantitative estimate of drug-likeness (QED) is 0.883. The maximum absolute atomic E-state index is 12.9. The molecule has 2 aliphatic rings. The Morgan fingerprint density at radius 2 is 1.78 bits per heavy atom. The van der Waals surface area contributed by atoms with Gasteiger partial charge < -0.3 is 10.2 Å². The van der Waals surface area contributed by atoms with E-state index in [4.69, 9.17) is 0 Å². The minimum atomic E-state index is 0.0458. The number of pyridine rings is 1. The van der Waals surface area contributed by atoms with Gasteiger partial charge in [0.25, 0.3) is 5.91 Å². The lowest BCUT2D eigenvalue weighted by atomic mass is 10.2. The van der Waals surface area contributed by atoms with Gasteiger partial charge in [-0.2, -0.15) is 0 Å². The van der Waals surface area contributed by atoms with Crippen molar-refractivity contribution < 1.29 is 4.79 Å². The number of hydrogen-bond acceptors (Lipinski definition) is 4. The summed E-state index contributed by atoms with van der Waals surface area (Å²) < 4.78 is 0. The summed E-state index contributed by atoms with van der Waals surface area (Å²) >= 11 is 0. The molecular weight excluding hydrogens is 336 g/mol. The molecule has 1 aromatic heterocycles. The van der Waals surface area contributed by atoms with Gasteiger partial charge in [0.15, 0.2) is 0 Å². The van der Waals surface area contributed by atoms with Crippen molar-refractivity contribution in [2.45, 2.75) is 38.3 Å². The van der Waals surface area contributed by atoms with Crippen molar-refractivity contribution >= 4 is 11.6 Å². The predicted molar refractivity (Wildman–Crippen MR) is 108 cm³/mol. The van der Waals surface area contributed by atoms with Gasteiger partial charge in [-0.25, -0.2) is 0 Å². The average Bonchev–Trinajstić information content (AvgIpc) is 3.22. The highest BCUT2D eigenvalue weighted by Crippen LogP contribution is 2.22. The Kier molecular flexibility index (Phi) is 5.68. The third-order valence-corrected chi connectivity index (χ3v) is 5.61. The monoisotopic (exact) mass is 364 g/mol. The number of amides is 1. The van der Waals surface area contributed by atoms with Crippen LogP contribution in [0, 0.1) is 0 Å². The molecule has 2 fully saturated rings. The molecule has 1 saturated heterocycles. The molecule has 1 saturated carbocycles. The van der Waals surface area contributed by atoms with Gasteiger partial charge in [0, 0.05) is 50.6 Å². The second-order valence-corrected chi connectivity index (χ2v) is 7.61. The Morgan fingerprint density at radius 3 is 2.52 bits per heavy atom. The minimum absolute atomic E-state index is 0.0458. The Balaban J connectivity index is 1.32. The Labute approximate surface area is 161 Å². The second kappa shape index (κ2) is 8.53. The number of aromatic nitrogens is 1. The van der Waals surface area contributed by atoms with Crippen LogP contribution in [-0.2, 0) is 6.54 Å². The number of nitrogens with zero attached hydrogens (tertiary/aromatic N) is 3. The van der Waals surface area contributed by atoms with Gasteiger partial charge in [-0.3, -0.25) is 14.7 Å². The Morgan fingerprint density at radius 1 is 1.04 bits per heavy atom. The van der Waals surface area contributed by atoms with Crippen molar-refractivity contribution in [3.8, 4) is 0 Å². The van der Waals surface area contributed by atoms with E-state index in [1.165, 1.54) is 31.2 Å². The van der Waals surface area contributed by atoms with Crippen LogP contribution in [0.3, 0.4) is 0 Å². The fourth-order valence-corrected chi connectivity index (χ4v) is 4.06. The van der Waals surface area contributed by atoms with Gasteiger partial charge in [-0.05, 0) is 30.5 Å². The van der Waals surface area contributed by atoms with E-state index >= 15 is 0 Å². The lowest BCUT2D eigenvalue weighted by Gasteiger charge is -2.34. The lowest BCUT2D eigenvalue weighted by molar-refractivity contribution is 0.0623. The van der Waals surface area contributed by atoms with Crippen LogP contribution in [-0.4, -0.2) is 52.9 Å². The summed E-state index contributed by atoms with van der Waals surface area (Å²) in [4.78, 5) is 21.5. The fraction of sp³-hybridized carbons (Fsp3) is 0.455. The molecule has 0 spiro atoms. The third-order valence-electron chi connectivity index (χ3n) is 5.61. The second-order valence-electron chi connectivity index (χ2n) is 7.61. The van der Waals surface area contributed by atoms with Crippen LogP contribution in [0.5, 0.6) is 0 Å². The zero-order chi connectivity index (χ0) is 18.5. The molecule has 1 aromatic carbocycles. The average molecular weight is 364 g/mol. The Bertz CT molecular complexity index is 750. The van der Waals surface area contributed by atoms with Crippen LogP contribution in [0.4, 0.5) is 5.69 Å². The van der Waals surface area contributed by atoms with Crippen LogP contribution in [0.25, 0.3) is 0 Å². The molecule has 1 aliphatic heterocycles.